The van der Waals surface area contributed by atoms with Gasteiger partial charge in [0, 0.05) is 23.1 Å². The zero-order chi connectivity index (χ0) is 29.4. The molecule has 0 atom stereocenters. The molecule has 0 amide bonds. The van der Waals surface area contributed by atoms with Gasteiger partial charge in [-0.05, 0) is 68.2 Å². The molecule has 1 aliphatic heterocycles. The van der Waals surface area contributed by atoms with Crippen molar-refractivity contribution in [3.8, 4) is 34.0 Å². The summed E-state index contributed by atoms with van der Waals surface area (Å²) in [7, 11) is 0. The molecule has 5 aromatic rings. The van der Waals surface area contributed by atoms with Crippen molar-refractivity contribution < 1.29 is 62.1 Å². The molecule has 0 unspecified atom stereocenters. The maximum Gasteiger partial charge on any atom is 1.00 e. The molecule has 0 radical (unpaired) electrons. The third-order valence-electron chi connectivity index (χ3n) is 7.47. The van der Waals surface area contributed by atoms with Crippen molar-refractivity contribution in [1.82, 2.24) is 19.7 Å². The van der Waals surface area contributed by atoms with E-state index in [1.165, 1.54) is 0 Å². The van der Waals surface area contributed by atoms with Gasteiger partial charge in [0.25, 0.3) is 5.56 Å². The van der Waals surface area contributed by atoms with Crippen LogP contribution < -0.4 is 67.4 Å². The minimum atomic E-state index is -0.598. The Hall–Kier alpha value is -3.34. The first kappa shape index (κ1) is 31.1. The zero-order valence-electron chi connectivity index (χ0n) is 26.1. The number of rotatable bonds is 7. The molecule has 0 aliphatic carbocycles. The number of benzene rings is 3. The van der Waals surface area contributed by atoms with Gasteiger partial charge in [-0.25, -0.2) is 9.78 Å². The standard InChI is InChI=1S/C34H32N4O4.K.H/c1-5-8-29-28(32(39)38(21(2)35-29)25-15-16-30-24(20-25)17-18-34(3,4)41-30)19-22-11-13-23(14-12-22)26-9-6-7-10-27(26)31-36-33(40)42-37-31;;/h6-7,9-18,20H,5,8,19H2,1-4H3,(H,36,37,40);;/q;+1;-1. The average Bonchev–Trinajstić information content (AvgIpc) is 3.41. The van der Waals surface area contributed by atoms with Crippen LogP contribution in [0.25, 0.3) is 34.3 Å². The molecule has 43 heavy (non-hydrogen) atoms. The van der Waals surface area contributed by atoms with E-state index in [4.69, 9.17) is 14.2 Å². The summed E-state index contributed by atoms with van der Waals surface area (Å²) in [5.41, 5.74) is 6.43. The predicted octanol–water partition coefficient (Wildman–Crippen LogP) is 3.40. The molecule has 214 valence electrons. The van der Waals surface area contributed by atoms with Crippen molar-refractivity contribution in [3.05, 3.63) is 122 Å². The van der Waals surface area contributed by atoms with E-state index in [1.54, 1.807) is 4.57 Å². The van der Waals surface area contributed by atoms with Crippen LogP contribution in [0.1, 0.15) is 56.8 Å². The van der Waals surface area contributed by atoms with Crippen molar-refractivity contribution in [2.75, 3.05) is 0 Å². The summed E-state index contributed by atoms with van der Waals surface area (Å²) in [6.07, 6.45) is 6.14. The number of fused-ring (bicyclic) bond motifs is 1. The summed E-state index contributed by atoms with van der Waals surface area (Å²) in [4.78, 5) is 33.1. The van der Waals surface area contributed by atoms with Crippen LogP contribution in [0.2, 0.25) is 0 Å². The first-order chi connectivity index (χ1) is 20.2. The normalized spacial score (nSPS) is 13.2. The number of aryl methyl sites for hydroxylation is 2. The molecule has 2 aromatic heterocycles. The van der Waals surface area contributed by atoms with Gasteiger partial charge in [0.05, 0.1) is 11.4 Å². The minimum absolute atomic E-state index is 0. The van der Waals surface area contributed by atoms with Crippen molar-refractivity contribution in [2.45, 2.75) is 52.6 Å². The Kier molecular flexibility index (Phi) is 9.19. The zero-order valence-corrected chi connectivity index (χ0v) is 28.2. The summed E-state index contributed by atoms with van der Waals surface area (Å²) in [5, 5.41) is 3.86. The number of H-pyrrole nitrogens is 1. The Bertz CT molecular complexity index is 1940. The third kappa shape index (κ3) is 6.46. The molecule has 3 aromatic carbocycles. The fourth-order valence-electron chi connectivity index (χ4n) is 5.44. The van der Waals surface area contributed by atoms with E-state index in [0.29, 0.717) is 23.6 Å². The largest absolute Gasteiger partial charge is 1.00 e. The Morgan fingerprint density at radius 3 is 2.44 bits per heavy atom. The summed E-state index contributed by atoms with van der Waals surface area (Å²) in [6, 6.07) is 21.6. The molecule has 3 heterocycles. The summed E-state index contributed by atoms with van der Waals surface area (Å²) in [6.45, 7) is 8.01. The molecule has 1 N–H and O–H groups in total. The number of nitrogens with one attached hydrogen (secondary N) is 1. The number of ether oxygens (including phenoxy) is 1. The maximum absolute atomic E-state index is 14.1. The van der Waals surface area contributed by atoms with Crippen molar-refractivity contribution in [3.63, 3.8) is 0 Å². The molecular weight excluding hydrogens is 567 g/mol. The maximum atomic E-state index is 14.1. The fourth-order valence-corrected chi connectivity index (χ4v) is 5.44. The molecule has 0 saturated carbocycles. The van der Waals surface area contributed by atoms with E-state index >= 15 is 0 Å². The third-order valence-corrected chi connectivity index (χ3v) is 7.47. The topological polar surface area (TPSA) is 103 Å². The van der Waals surface area contributed by atoms with Gasteiger partial charge in [-0.2, -0.15) is 0 Å². The summed E-state index contributed by atoms with van der Waals surface area (Å²) >= 11 is 0. The average molecular weight is 601 g/mol. The smallest absolute Gasteiger partial charge is 1.00 e. The molecule has 0 fully saturated rings. The van der Waals surface area contributed by atoms with Gasteiger partial charge in [0.2, 0.25) is 0 Å². The van der Waals surface area contributed by atoms with Crippen LogP contribution in [0, 0.1) is 6.92 Å². The van der Waals surface area contributed by atoms with Gasteiger partial charge in [-0.3, -0.25) is 18.9 Å². The number of aromatic amines is 1. The van der Waals surface area contributed by atoms with Crippen LogP contribution in [0.15, 0.2) is 86.9 Å². The molecule has 9 heteroatoms. The van der Waals surface area contributed by atoms with E-state index in [0.717, 1.165) is 57.8 Å². The SMILES string of the molecule is CCCc1nc(C)n(-c2ccc3c(c2)C=CC(C)(C)O3)c(=O)c1Cc1ccc(-c2ccccc2-c2noc(=O)[nH]2)cc1.[H-].[K+]. The monoisotopic (exact) mass is 600 g/mol. The molecule has 1 aliphatic rings. The Morgan fingerprint density at radius 2 is 1.74 bits per heavy atom. The predicted molar refractivity (Wildman–Crippen MR) is 164 cm³/mol. The molecule has 8 nitrogen and oxygen atoms in total. The second kappa shape index (κ2) is 12.7. The van der Waals surface area contributed by atoms with Gasteiger partial charge >= 0.3 is 57.1 Å². The van der Waals surface area contributed by atoms with Crippen LogP contribution in [-0.2, 0) is 12.8 Å². The van der Waals surface area contributed by atoms with Crippen molar-refractivity contribution in [2.24, 2.45) is 0 Å². The van der Waals surface area contributed by atoms with Crippen LogP contribution in [-0.4, -0.2) is 25.3 Å². The van der Waals surface area contributed by atoms with Crippen molar-refractivity contribution >= 4 is 6.08 Å². The Balaban J connectivity index is 0.00000221. The van der Waals surface area contributed by atoms with E-state index < -0.39 is 5.76 Å². The first-order valence-electron chi connectivity index (χ1n) is 14.1. The molecule has 0 saturated heterocycles. The second-order valence-electron chi connectivity index (χ2n) is 11.1. The number of hydrogen-bond donors (Lipinski definition) is 1. The van der Waals surface area contributed by atoms with E-state index in [-0.39, 0.29) is 64.0 Å². The number of hydrogen-bond acceptors (Lipinski definition) is 6. The molecule has 0 spiro atoms. The van der Waals surface area contributed by atoms with Gasteiger partial charge in [-0.1, -0.05) is 73.1 Å². The molecule has 0 bridgehead atoms. The van der Waals surface area contributed by atoms with E-state index in [9.17, 15) is 9.59 Å². The molecular formula is C34H33KN4O4. The van der Waals surface area contributed by atoms with Gasteiger partial charge in [-0.15, -0.1) is 0 Å². The van der Waals surface area contributed by atoms with Gasteiger partial charge in [0.1, 0.15) is 17.2 Å². The van der Waals surface area contributed by atoms with E-state index in [1.807, 2.05) is 99.7 Å². The fraction of sp³-hybridized carbons (Fsp3) is 0.235. The van der Waals surface area contributed by atoms with Gasteiger partial charge < -0.3 is 6.16 Å². The van der Waals surface area contributed by atoms with Crippen LogP contribution in [0.5, 0.6) is 5.75 Å². The second-order valence-corrected chi connectivity index (χ2v) is 11.1. The van der Waals surface area contributed by atoms with Gasteiger partial charge in [0.15, 0.2) is 5.82 Å². The number of nitrogens with zero attached hydrogens (tertiary/aromatic N) is 3. The first-order valence-corrected chi connectivity index (χ1v) is 14.1. The van der Waals surface area contributed by atoms with E-state index in [2.05, 4.69) is 17.1 Å². The minimum Gasteiger partial charge on any atom is -1.00 e. The quantitative estimate of drug-likeness (QED) is 0.288. The molecule has 6 rings (SSSR count). The number of aromatic nitrogens is 4. The van der Waals surface area contributed by atoms with Crippen molar-refractivity contribution in [1.29, 1.82) is 0 Å². The van der Waals surface area contributed by atoms with Crippen LogP contribution >= 0.6 is 0 Å². The van der Waals surface area contributed by atoms with Crippen LogP contribution in [0.4, 0.5) is 0 Å². The Labute approximate surface area is 293 Å². The summed E-state index contributed by atoms with van der Waals surface area (Å²) < 4.78 is 12.5. The Morgan fingerprint density at radius 1 is 1.00 bits per heavy atom. The van der Waals surface area contributed by atoms with Crippen LogP contribution in [0.3, 0.4) is 0 Å². The summed E-state index contributed by atoms with van der Waals surface area (Å²) in [5.74, 6) is 1.23.